The molecular weight excluding hydrogens is 218 g/mol. The smallest absolute Gasteiger partial charge is 0.221 e. The molecule has 0 aliphatic carbocycles. The molecule has 3 N–H and O–H groups in total. The van der Waals surface area contributed by atoms with Gasteiger partial charge in [0.15, 0.2) is 5.82 Å². The molecule has 0 aromatic carbocycles. The molecule has 96 valence electrons. The fraction of sp³-hybridized carbons (Fsp3) is 0.727. The summed E-state index contributed by atoms with van der Waals surface area (Å²) in [6.07, 6.45) is 2.00. The predicted octanol–water partition coefficient (Wildman–Crippen LogP) is 0.288. The summed E-state index contributed by atoms with van der Waals surface area (Å²) in [7, 11) is 0. The van der Waals surface area contributed by atoms with Gasteiger partial charge in [-0.1, -0.05) is 13.8 Å². The second kappa shape index (κ2) is 6.34. The minimum Gasteiger partial charge on any atom is -0.349 e. The molecule has 1 amide bonds. The third-order valence-electron chi connectivity index (χ3n) is 2.76. The third kappa shape index (κ3) is 4.14. The number of nitrogens with one attached hydrogen (secondary N) is 1. The van der Waals surface area contributed by atoms with Gasteiger partial charge in [-0.25, -0.2) is 0 Å². The van der Waals surface area contributed by atoms with Crippen molar-refractivity contribution in [1.29, 1.82) is 0 Å². The first-order chi connectivity index (χ1) is 8.04. The largest absolute Gasteiger partial charge is 0.349 e. The monoisotopic (exact) mass is 239 g/mol. The lowest BCUT2D eigenvalue weighted by Crippen LogP contribution is -2.35. The molecule has 0 aliphatic heterocycles. The lowest BCUT2D eigenvalue weighted by atomic mass is 10.0. The van der Waals surface area contributed by atoms with E-state index in [0.29, 0.717) is 18.9 Å². The molecule has 17 heavy (non-hydrogen) atoms. The first-order valence-corrected chi connectivity index (χ1v) is 5.93. The molecule has 0 radical (unpaired) electrons. The topological polar surface area (TPSA) is 85.8 Å². The van der Waals surface area contributed by atoms with E-state index in [-0.39, 0.29) is 11.9 Å². The highest BCUT2D eigenvalue weighted by molar-refractivity contribution is 5.76. The van der Waals surface area contributed by atoms with Crippen LogP contribution < -0.4 is 11.1 Å². The number of carbonyl (C=O) groups excluding carboxylic acids is 1. The van der Waals surface area contributed by atoms with Gasteiger partial charge in [-0.15, -0.1) is 10.2 Å². The highest BCUT2D eigenvalue weighted by atomic mass is 16.1. The number of nitrogens with zero attached hydrogens (tertiary/aromatic N) is 3. The number of amides is 1. The van der Waals surface area contributed by atoms with Gasteiger partial charge in [0, 0.05) is 19.0 Å². The maximum Gasteiger partial charge on any atom is 0.221 e. The van der Waals surface area contributed by atoms with Crippen LogP contribution in [0.2, 0.25) is 0 Å². The number of aromatic nitrogens is 3. The summed E-state index contributed by atoms with van der Waals surface area (Å²) in [4.78, 5) is 11.6. The van der Waals surface area contributed by atoms with Crippen LogP contribution in [0.3, 0.4) is 0 Å². The Bertz CT molecular complexity index is 360. The highest BCUT2D eigenvalue weighted by Crippen LogP contribution is 2.02. The second-order valence-corrected chi connectivity index (χ2v) is 4.42. The van der Waals surface area contributed by atoms with Crippen LogP contribution in [0, 0.1) is 5.92 Å². The Kier molecular flexibility index (Phi) is 5.09. The van der Waals surface area contributed by atoms with Gasteiger partial charge in [-0.3, -0.25) is 4.79 Å². The molecule has 0 spiro atoms. The van der Waals surface area contributed by atoms with Crippen LogP contribution in [0.4, 0.5) is 0 Å². The van der Waals surface area contributed by atoms with Gasteiger partial charge in [0.2, 0.25) is 5.91 Å². The third-order valence-corrected chi connectivity index (χ3v) is 2.76. The zero-order valence-corrected chi connectivity index (χ0v) is 10.7. The number of hydrogen-bond donors (Lipinski definition) is 2. The van der Waals surface area contributed by atoms with Gasteiger partial charge in [-0.2, -0.15) is 0 Å². The van der Waals surface area contributed by atoms with Crippen LogP contribution in [-0.2, 0) is 17.9 Å². The van der Waals surface area contributed by atoms with Crippen molar-refractivity contribution in [3.8, 4) is 0 Å². The summed E-state index contributed by atoms with van der Waals surface area (Å²) in [6.45, 7) is 7.21. The van der Waals surface area contributed by atoms with Gasteiger partial charge in [0.25, 0.3) is 0 Å². The Hall–Kier alpha value is -1.43. The Morgan fingerprint density at radius 3 is 2.88 bits per heavy atom. The zero-order chi connectivity index (χ0) is 12.8. The van der Waals surface area contributed by atoms with Crippen molar-refractivity contribution in [3.05, 3.63) is 12.2 Å². The van der Waals surface area contributed by atoms with Crippen LogP contribution in [0.25, 0.3) is 0 Å². The summed E-state index contributed by atoms with van der Waals surface area (Å²) >= 11 is 0. The van der Waals surface area contributed by atoms with Gasteiger partial charge in [0.1, 0.15) is 6.33 Å². The molecular formula is C11H21N5O. The van der Waals surface area contributed by atoms with Crippen molar-refractivity contribution in [3.63, 3.8) is 0 Å². The maximum absolute atomic E-state index is 11.6. The molecule has 0 saturated heterocycles. The van der Waals surface area contributed by atoms with E-state index in [9.17, 15) is 4.79 Å². The van der Waals surface area contributed by atoms with Crippen molar-refractivity contribution in [2.24, 2.45) is 11.7 Å². The Morgan fingerprint density at radius 2 is 2.29 bits per heavy atom. The van der Waals surface area contributed by atoms with Gasteiger partial charge < -0.3 is 15.6 Å². The SMILES string of the molecule is CCn1cnnc1CNC(=O)CC(N)C(C)C. The fourth-order valence-corrected chi connectivity index (χ4v) is 1.38. The van der Waals surface area contributed by atoms with E-state index >= 15 is 0 Å². The molecule has 1 aromatic heterocycles. The van der Waals surface area contributed by atoms with E-state index in [0.717, 1.165) is 12.4 Å². The van der Waals surface area contributed by atoms with E-state index in [1.165, 1.54) is 0 Å². The first-order valence-electron chi connectivity index (χ1n) is 5.93. The summed E-state index contributed by atoms with van der Waals surface area (Å²) in [5.41, 5.74) is 5.83. The molecule has 1 unspecified atom stereocenters. The molecule has 0 aliphatic rings. The molecule has 1 aromatic rings. The standard InChI is InChI=1S/C11H21N5O/c1-4-16-7-14-15-10(16)6-13-11(17)5-9(12)8(2)3/h7-9H,4-6,12H2,1-3H3,(H,13,17). The van der Waals surface area contributed by atoms with Crippen molar-refractivity contribution in [2.75, 3.05) is 0 Å². The average Bonchev–Trinajstić information content (AvgIpc) is 2.73. The summed E-state index contributed by atoms with van der Waals surface area (Å²) in [6, 6.07) is -0.0981. The van der Waals surface area contributed by atoms with E-state index < -0.39 is 0 Å². The first kappa shape index (κ1) is 13.6. The minimum atomic E-state index is -0.0981. The van der Waals surface area contributed by atoms with Crippen LogP contribution >= 0.6 is 0 Å². The second-order valence-electron chi connectivity index (χ2n) is 4.42. The molecule has 0 saturated carbocycles. The number of hydrogen-bond acceptors (Lipinski definition) is 4. The molecule has 6 heteroatoms. The van der Waals surface area contributed by atoms with Gasteiger partial charge >= 0.3 is 0 Å². The Balaban J connectivity index is 2.38. The maximum atomic E-state index is 11.6. The Morgan fingerprint density at radius 1 is 1.59 bits per heavy atom. The number of aryl methyl sites for hydroxylation is 1. The molecule has 0 fully saturated rings. The number of nitrogens with two attached hydrogens (primary N) is 1. The quantitative estimate of drug-likeness (QED) is 0.747. The summed E-state index contributed by atoms with van der Waals surface area (Å²) < 4.78 is 1.89. The van der Waals surface area contributed by atoms with Gasteiger partial charge in [-0.05, 0) is 12.8 Å². The van der Waals surface area contributed by atoms with Crippen LogP contribution in [0.1, 0.15) is 33.0 Å². The van der Waals surface area contributed by atoms with Crippen molar-refractivity contribution >= 4 is 5.91 Å². The van der Waals surface area contributed by atoms with E-state index in [1.807, 2.05) is 25.3 Å². The lowest BCUT2D eigenvalue weighted by molar-refractivity contribution is -0.121. The minimum absolute atomic E-state index is 0.0446. The van der Waals surface area contributed by atoms with Crippen LogP contribution in [0.5, 0.6) is 0 Å². The molecule has 0 bridgehead atoms. The summed E-state index contributed by atoms with van der Waals surface area (Å²) in [5, 5.41) is 10.5. The molecule has 1 heterocycles. The van der Waals surface area contributed by atoms with Crippen LogP contribution in [0.15, 0.2) is 6.33 Å². The lowest BCUT2D eigenvalue weighted by Gasteiger charge is -2.14. The highest BCUT2D eigenvalue weighted by Gasteiger charge is 2.13. The van der Waals surface area contributed by atoms with Crippen molar-refractivity contribution < 1.29 is 4.79 Å². The normalized spacial score (nSPS) is 12.8. The van der Waals surface area contributed by atoms with Gasteiger partial charge in [0.05, 0.1) is 6.54 Å². The zero-order valence-electron chi connectivity index (χ0n) is 10.7. The predicted molar refractivity (Wildman–Crippen MR) is 65.0 cm³/mol. The summed E-state index contributed by atoms with van der Waals surface area (Å²) in [5.74, 6) is 1.02. The molecule has 1 atom stereocenters. The fourth-order valence-electron chi connectivity index (χ4n) is 1.38. The van der Waals surface area contributed by atoms with Crippen LogP contribution in [-0.4, -0.2) is 26.7 Å². The van der Waals surface area contributed by atoms with Crippen molar-refractivity contribution in [2.45, 2.75) is 46.3 Å². The number of carbonyl (C=O) groups is 1. The van der Waals surface area contributed by atoms with E-state index in [1.54, 1.807) is 6.33 Å². The van der Waals surface area contributed by atoms with Crippen molar-refractivity contribution in [1.82, 2.24) is 20.1 Å². The average molecular weight is 239 g/mol. The van der Waals surface area contributed by atoms with E-state index in [2.05, 4.69) is 15.5 Å². The Labute approximate surface area is 102 Å². The van der Waals surface area contributed by atoms with E-state index in [4.69, 9.17) is 5.73 Å². The molecule has 1 rings (SSSR count). The number of rotatable bonds is 6. The molecule has 6 nitrogen and oxygen atoms in total.